The molecule has 0 fully saturated rings. The van der Waals surface area contributed by atoms with Crippen LogP contribution in [0.4, 0.5) is 5.82 Å². The molecule has 0 aromatic carbocycles. The first kappa shape index (κ1) is 15.5. The summed E-state index contributed by atoms with van der Waals surface area (Å²) in [6.07, 6.45) is 1.36. The standard InChI is InChI=1S/C12H18ClN3O3/c1-5-19-10(17)8-6-14-16(4)9(8)15-11(18)12(2,3)7-13/h6H,5,7H2,1-4H3,(H,15,18). The van der Waals surface area contributed by atoms with Crippen molar-refractivity contribution in [1.82, 2.24) is 9.78 Å². The Morgan fingerprint density at radius 2 is 2.16 bits per heavy atom. The number of hydrogen-bond acceptors (Lipinski definition) is 4. The lowest BCUT2D eigenvalue weighted by Crippen LogP contribution is -2.33. The van der Waals surface area contributed by atoms with E-state index in [-0.39, 0.29) is 24.0 Å². The number of amides is 1. The van der Waals surface area contributed by atoms with Gasteiger partial charge < -0.3 is 10.1 Å². The third-order valence-corrected chi connectivity index (χ3v) is 3.28. The highest BCUT2D eigenvalue weighted by atomic mass is 35.5. The van der Waals surface area contributed by atoms with Crippen molar-refractivity contribution in [2.75, 3.05) is 17.8 Å². The van der Waals surface area contributed by atoms with E-state index in [2.05, 4.69) is 10.4 Å². The summed E-state index contributed by atoms with van der Waals surface area (Å²) in [5.41, 5.74) is -0.513. The van der Waals surface area contributed by atoms with Gasteiger partial charge in [-0.3, -0.25) is 9.48 Å². The minimum atomic E-state index is -0.738. The number of aromatic nitrogens is 2. The fourth-order valence-corrected chi connectivity index (χ4v) is 1.40. The molecule has 0 spiro atoms. The highest BCUT2D eigenvalue weighted by Gasteiger charge is 2.29. The number of halogens is 1. The fourth-order valence-electron chi connectivity index (χ4n) is 1.28. The maximum absolute atomic E-state index is 12.1. The summed E-state index contributed by atoms with van der Waals surface area (Å²) in [5.74, 6) is -0.321. The van der Waals surface area contributed by atoms with Gasteiger partial charge in [0.15, 0.2) is 0 Å². The molecule has 7 heteroatoms. The number of alkyl halides is 1. The van der Waals surface area contributed by atoms with Gasteiger partial charge in [-0.25, -0.2) is 4.79 Å². The van der Waals surface area contributed by atoms with Crippen LogP contribution in [0, 0.1) is 5.41 Å². The van der Waals surface area contributed by atoms with Crippen molar-refractivity contribution < 1.29 is 14.3 Å². The smallest absolute Gasteiger partial charge is 0.343 e. The normalized spacial score (nSPS) is 11.2. The predicted octanol–water partition coefficient (Wildman–Crippen LogP) is 1.80. The first-order valence-electron chi connectivity index (χ1n) is 5.90. The molecular formula is C12H18ClN3O3. The number of rotatable bonds is 5. The molecule has 1 aromatic heterocycles. The Hall–Kier alpha value is -1.56. The first-order chi connectivity index (χ1) is 8.83. The summed E-state index contributed by atoms with van der Waals surface area (Å²) >= 11 is 5.75. The van der Waals surface area contributed by atoms with E-state index in [0.29, 0.717) is 5.82 Å². The second kappa shape index (κ2) is 6.06. The fraction of sp³-hybridized carbons (Fsp3) is 0.583. The summed E-state index contributed by atoms with van der Waals surface area (Å²) in [6, 6.07) is 0. The molecule has 19 heavy (non-hydrogen) atoms. The molecule has 0 unspecified atom stereocenters. The minimum absolute atomic E-state index is 0.172. The number of nitrogens with one attached hydrogen (secondary N) is 1. The molecule has 0 aliphatic rings. The lowest BCUT2D eigenvalue weighted by molar-refractivity contribution is -0.123. The minimum Gasteiger partial charge on any atom is -0.462 e. The van der Waals surface area contributed by atoms with Crippen molar-refractivity contribution in [2.24, 2.45) is 12.5 Å². The molecule has 1 aromatic rings. The van der Waals surface area contributed by atoms with Crippen LogP contribution in [0.5, 0.6) is 0 Å². The quantitative estimate of drug-likeness (QED) is 0.662. The predicted molar refractivity (Wildman–Crippen MR) is 72.3 cm³/mol. The summed E-state index contributed by atoms with van der Waals surface area (Å²) < 4.78 is 6.32. The zero-order valence-corrected chi connectivity index (χ0v) is 12.2. The van der Waals surface area contributed by atoms with E-state index < -0.39 is 11.4 Å². The van der Waals surface area contributed by atoms with E-state index in [1.54, 1.807) is 27.8 Å². The number of nitrogens with zero attached hydrogens (tertiary/aromatic N) is 2. The summed E-state index contributed by atoms with van der Waals surface area (Å²) in [6.45, 7) is 5.41. The number of hydrogen-bond donors (Lipinski definition) is 1. The summed E-state index contributed by atoms with van der Waals surface area (Å²) in [4.78, 5) is 23.8. The van der Waals surface area contributed by atoms with E-state index in [0.717, 1.165) is 0 Å². The Bertz CT molecular complexity index is 483. The van der Waals surface area contributed by atoms with E-state index >= 15 is 0 Å². The maximum atomic E-state index is 12.1. The SMILES string of the molecule is CCOC(=O)c1cnn(C)c1NC(=O)C(C)(C)CCl. The molecular weight excluding hydrogens is 270 g/mol. The van der Waals surface area contributed by atoms with E-state index in [4.69, 9.17) is 16.3 Å². The van der Waals surface area contributed by atoms with Crippen LogP contribution in [0.3, 0.4) is 0 Å². The third kappa shape index (κ3) is 3.47. The summed E-state index contributed by atoms with van der Waals surface area (Å²) in [5, 5.41) is 6.61. The molecule has 0 aliphatic carbocycles. The summed E-state index contributed by atoms with van der Waals surface area (Å²) in [7, 11) is 1.63. The number of aryl methyl sites for hydroxylation is 1. The van der Waals surface area contributed by atoms with Crippen LogP contribution < -0.4 is 5.32 Å². The monoisotopic (exact) mass is 287 g/mol. The van der Waals surface area contributed by atoms with Crippen LogP contribution in [0.25, 0.3) is 0 Å². The lowest BCUT2D eigenvalue weighted by Gasteiger charge is -2.20. The number of esters is 1. The largest absolute Gasteiger partial charge is 0.462 e. The molecule has 1 N–H and O–H groups in total. The average molecular weight is 288 g/mol. The van der Waals surface area contributed by atoms with Gasteiger partial charge >= 0.3 is 5.97 Å². The van der Waals surface area contributed by atoms with Crippen molar-refractivity contribution in [3.8, 4) is 0 Å². The van der Waals surface area contributed by atoms with Gasteiger partial charge in [0, 0.05) is 12.9 Å². The Morgan fingerprint density at radius 1 is 1.53 bits per heavy atom. The molecule has 0 bridgehead atoms. The highest BCUT2D eigenvalue weighted by Crippen LogP contribution is 2.22. The van der Waals surface area contributed by atoms with Gasteiger partial charge in [-0.1, -0.05) is 0 Å². The van der Waals surface area contributed by atoms with Gasteiger partial charge in [0.25, 0.3) is 0 Å². The van der Waals surface area contributed by atoms with Gasteiger partial charge in [-0.05, 0) is 20.8 Å². The maximum Gasteiger partial charge on any atom is 0.343 e. The number of carbonyl (C=O) groups is 2. The Balaban J connectivity index is 2.98. The van der Waals surface area contributed by atoms with Crippen LogP contribution in [0.1, 0.15) is 31.1 Å². The Kier molecular flexibility index (Phi) is 4.94. The van der Waals surface area contributed by atoms with Gasteiger partial charge in [0.05, 0.1) is 18.2 Å². The van der Waals surface area contributed by atoms with Crippen molar-refractivity contribution in [1.29, 1.82) is 0 Å². The van der Waals surface area contributed by atoms with Gasteiger partial charge in [0.1, 0.15) is 11.4 Å². The van der Waals surface area contributed by atoms with Crippen LogP contribution in [-0.4, -0.2) is 34.1 Å². The van der Waals surface area contributed by atoms with Crippen molar-refractivity contribution in [3.63, 3.8) is 0 Å². The van der Waals surface area contributed by atoms with Crippen molar-refractivity contribution in [2.45, 2.75) is 20.8 Å². The molecule has 1 rings (SSSR count). The van der Waals surface area contributed by atoms with E-state index in [1.165, 1.54) is 10.9 Å². The molecule has 6 nitrogen and oxygen atoms in total. The molecule has 0 atom stereocenters. The topological polar surface area (TPSA) is 73.2 Å². The molecule has 106 valence electrons. The first-order valence-corrected chi connectivity index (χ1v) is 6.43. The molecule has 0 saturated carbocycles. The second-order valence-electron chi connectivity index (χ2n) is 4.72. The number of ether oxygens (including phenoxy) is 1. The molecule has 1 heterocycles. The molecule has 1 amide bonds. The molecule has 0 saturated heterocycles. The van der Waals surface area contributed by atoms with Gasteiger partial charge in [0.2, 0.25) is 5.91 Å². The highest BCUT2D eigenvalue weighted by molar-refractivity contribution is 6.20. The van der Waals surface area contributed by atoms with E-state index in [9.17, 15) is 9.59 Å². The number of anilines is 1. The van der Waals surface area contributed by atoms with Crippen LogP contribution >= 0.6 is 11.6 Å². The lowest BCUT2D eigenvalue weighted by atomic mass is 9.95. The van der Waals surface area contributed by atoms with Gasteiger partial charge in [-0.2, -0.15) is 5.10 Å². The molecule has 0 aliphatic heterocycles. The zero-order valence-electron chi connectivity index (χ0n) is 11.5. The Labute approximate surface area is 117 Å². The van der Waals surface area contributed by atoms with Gasteiger partial charge in [-0.15, -0.1) is 11.6 Å². The van der Waals surface area contributed by atoms with Crippen molar-refractivity contribution in [3.05, 3.63) is 11.8 Å². The van der Waals surface area contributed by atoms with Crippen LogP contribution in [0.15, 0.2) is 6.20 Å². The van der Waals surface area contributed by atoms with Crippen LogP contribution in [0.2, 0.25) is 0 Å². The Morgan fingerprint density at radius 3 is 2.68 bits per heavy atom. The van der Waals surface area contributed by atoms with E-state index in [1.807, 2.05) is 0 Å². The second-order valence-corrected chi connectivity index (χ2v) is 4.99. The number of carbonyl (C=O) groups excluding carboxylic acids is 2. The molecule has 0 radical (unpaired) electrons. The zero-order chi connectivity index (χ0) is 14.6. The average Bonchev–Trinajstić information content (AvgIpc) is 2.71. The van der Waals surface area contributed by atoms with Crippen molar-refractivity contribution >= 4 is 29.3 Å². The van der Waals surface area contributed by atoms with Crippen LogP contribution in [-0.2, 0) is 16.6 Å². The third-order valence-electron chi connectivity index (χ3n) is 2.61.